The van der Waals surface area contributed by atoms with Crippen molar-refractivity contribution < 1.29 is 0 Å². The van der Waals surface area contributed by atoms with Gasteiger partial charge in [-0.2, -0.15) is 0 Å². The highest BCUT2D eigenvalue weighted by atomic mass is 32.2. The molecule has 0 bridgehead atoms. The summed E-state index contributed by atoms with van der Waals surface area (Å²) in [6, 6.07) is 2.32. The Kier molecular flexibility index (Phi) is 6.86. The molecule has 0 saturated carbocycles. The summed E-state index contributed by atoms with van der Waals surface area (Å²) in [6.45, 7) is 4.19. The van der Waals surface area contributed by atoms with Crippen LogP contribution >= 0.6 is 45.8 Å². The summed E-state index contributed by atoms with van der Waals surface area (Å²) in [5, 5.41) is 1.41. The maximum Gasteiger partial charge on any atom is 0.0899 e. The van der Waals surface area contributed by atoms with Crippen molar-refractivity contribution in [2.45, 2.75) is 63.0 Å². The molecule has 0 atom stereocenters. The van der Waals surface area contributed by atoms with Crippen LogP contribution in [0.25, 0.3) is 24.9 Å². The average Bonchev–Trinajstić information content (AvgIpc) is 3.34. The van der Waals surface area contributed by atoms with E-state index in [9.17, 15) is 0 Å². The van der Waals surface area contributed by atoms with E-state index in [-0.39, 0.29) is 0 Å². The van der Waals surface area contributed by atoms with Crippen molar-refractivity contribution in [3.05, 3.63) is 22.1 Å². The van der Waals surface area contributed by atoms with Crippen LogP contribution in [-0.2, 0) is 0 Å². The summed E-state index contributed by atoms with van der Waals surface area (Å²) in [6.07, 6.45) is 11.3. The first-order chi connectivity index (χ1) is 13.8. The van der Waals surface area contributed by atoms with E-state index in [4.69, 9.17) is 0 Å². The molecule has 0 unspecified atom stereocenters. The van der Waals surface area contributed by atoms with E-state index in [1.165, 1.54) is 77.5 Å². The van der Waals surface area contributed by atoms with Crippen LogP contribution < -0.4 is 0 Å². The topological polar surface area (TPSA) is 0 Å². The number of hydrogen-bond acceptors (Lipinski definition) is 4. The molecule has 4 heterocycles. The van der Waals surface area contributed by atoms with Crippen molar-refractivity contribution in [3.63, 3.8) is 0 Å². The van der Waals surface area contributed by atoms with Gasteiger partial charge < -0.3 is 0 Å². The molecule has 0 spiro atoms. The minimum atomic E-state index is 1.00. The fraction of sp³-hybridized carbons (Fsp3) is 0.417. The van der Waals surface area contributed by atoms with Crippen molar-refractivity contribution in [1.82, 2.24) is 0 Å². The largest absolute Gasteiger partial charge is 0.127 e. The molecular formula is C24H24S4. The second-order valence-electron chi connectivity index (χ2n) is 7.03. The van der Waals surface area contributed by atoms with Gasteiger partial charge in [0.25, 0.3) is 0 Å². The molecule has 0 saturated heterocycles. The lowest BCUT2D eigenvalue weighted by molar-refractivity contribution is 0.614. The third-order valence-electron chi connectivity index (χ3n) is 4.83. The van der Waals surface area contributed by atoms with E-state index in [0.29, 0.717) is 0 Å². The van der Waals surface area contributed by atoms with Gasteiger partial charge in [0.2, 0.25) is 0 Å². The first-order valence-corrected chi connectivity index (χ1v) is 13.5. The Labute approximate surface area is 184 Å². The van der Waals surface area contributed by atoms with Gasteiger partial charge in [-0.15, -0.1) is 51.7 Å². The second-order valence-corrected chi connectivity index (χ2v) is 11.6. The third-order valence-corrected chi connectivity index (χ3v) is 9.92. The molecule has 0 nitrogen and oxygen atoms in total. The van der Waals surface area contributed by atoms with Gasteiger partial charge in [0.05, 0.1) is 22.5 Å². The number of thioether (sulfide) groups is 1. The van der Waals surface area contributed by atoms with Crippen LogP contribution in [0.2, 0.25) is 0 Å². The predicted molar refractivity (Wildman–Crippen MR) is 132 cm³/mol. The van der Waals surface area contributed by atoms with E-state index in [0.717, 1.165) is 12.2 Å². The summed E-state index contributed by atoms with van der Waals surface area (Å²) in [5.41, 5.74) is 2.65. The zero-order valence-corrected chi connectivity index (χ0v) is 19.7. The molecule has 0 aliphatic carbocycles. The number of thiophene rings is 3. The standard InChI is InChI=1S/C24H24S4/c1-3-5-6-7-8-9-10-11-13-18-15-20-22-21(28-24(20)26-18)19-14-17(12-4-2)16-25-23(19)27-22/h14-15H,3,5-10,16H2,1-2H3. The maximum absolute atomic E-state index is 3.42. The fourth-order valence-electron chi connectivity index (χ4n) is 3.42. The maximum atomic E-state index is 3.42. The molecule has 0 amide bonds. The van der Waals surface area contributed by atoms with E-state index < -0.39 is 0 Å². The molecule has 0 fully saturated rings. The smallest absolute Gasteiger partial charge is 0.0899 e. The van der Waals surface area contributed by atoms with E-state index >= 15 is 0 Å². The number of rotatable bonds is 6. The van der Waals surface area contributed by atoms with Gasteiger partial charge in [-0.3, -0.25) is 0 Å². The summed E-state index contributed by atoms with van der Waals surface area (Å²) in [5.74, 6) is 14.1. The zero-order chi connectivity index (χ0) is 19.3. The van der Waals surface area contributed by atoms with E-state index in [2.05, 4.69) is 42.7 Å². The Hall–Kier alpha value is -1.17. The normalized spacial score (nSPS) is 13.0. The summed E-state index contributed by atoms with van der Waals surface area (Å²) >= 11 is 7.68. The van der Waals surface area contributed by atoms with Gasteiger partial charge in [0, 0.05) is 28.7 Å². The van der Waals surface area contributed by atoms with Crippen LogP contribution in [0.5, 0.6) is 0 Å². The Bertz CT molecular complexity index is 1130. The Morgan fingerprint density at radius 1 is 0.964 bits per heavy atom. The van der Waals surface area contributed by atoms with Crippen LogP contribution in [0.15, 0.2) is 15.8 Å². The average molecular weight is 441 g/mol. The highest BCUT2D eigenvalue weighted by molar-refractivity contribution is 8.01. The fourth-order valence-corrected chi connectivity index (χ4v) is 8.66. The van der Waals surface area contributed by atoms with Crippen LogP contribution in [-0.4, -0.2) is 5.75 Å². The van der Waals surface area contributed by atoms with Crippen molar-refractivity contribution in [2.24, 2.45) is 0 Å². The van der Waals surface area contributed by atoms with Gasteiger partial charge in [0.15, 0.2) is 0 Å². The van der Waals surface area contributed by atoms with E-state index in [1.807, 2.05) is 52.7 Å². The second kappa shape index (κ2) is 9.55. The molecule has 28 heavy (non-hydrogen) atoms. The van der Waals surface area contributed by atoms with Crippen molar-refractivity contribution in [3.8, 4) is 23.7 Å². The molecule has 0 N–H and O–H groups in total. The molecule has 4 heteroatoms. The quantitative estimate of drug-likeness (QED) is 0.272. The molecule has 0 radical (unpaired) electrons. The third kappa shape index (κ3) is 4.37. The molecule has 144 valence electrons. The van der Waals surface area contributed by atoms with Gasteiger partial charge in [0.1, 0.15) is 0 Å². The zero-order valence-electron chi connectivity index (χ0n) is 16.4. The van der Waals surface area contributed by atoms with Gasteiger partial charge >= 0.3 is 0 Å². The molecule has 3 aromatic heterocycles. The van der Waals surface area contributed by atoms with Gasteiger partial charge in [-0.1, -0.05) is 56.8 Å². The van der Waals surface area contributed by atoms with Crippen molar-refractivity contribution >= 4 is 70.6 Å². The molecule has 3 aromatic rings. The summed E-state index contributed by atoms with van der Waals surface area (Å²) in [4.78, 5) is 1.22. The van der Waals surface area contributed by atoms with Gasteiger partial charge in [-0.25, -0.2) is 0 Å². The number of fused-ring (bicyclic) bond motifs is 5. The van der Waals surface area contributed by atoms with E-state index in [1.54, 1.807) is 0 Å². The van der Waals surface area contributed by atoms with Crippen LogP contribution in [0.3, 0.4) is 0 Å². The summed E-state index contributed by atoms with van der Waals surface area (Å²) in [7, 11) is 0. The molecule has 4 rings (SSSR count). The monoisotopic (exact) mass is 440 g/mol. The van der Waals surface area contributed by atoms with Gasteiger partial charge in [-0.05, 0) is 25.5 Å². The molecule has 0 aromatic carbocycles. The number of unbranched alkanes of at least 4 members (excludes halogenated alkanes) is 6. The minimum absolute atomic E-state index is 1.00. The predicted octanol–water partition coefficient (Wildman–Crippen LogP) is 8.79. The Morgan fingerprint density at radius 3 is 2.68 bits per heavy atom. The van der Waals surface area contributed by atoms with Crippen molar-refractivity contribution in [1.29, 1.82) is 0 Å². The highest BCUT2D eigenvalue weighted by Gasteiger charge is 2.21. The lowest BCUT2D eigenvalue weighted by Crippen LogP contribution is -1.90. The molecular weight excluding hydrogens is 417 g/mol. The lowest BCUT2D eigenvalue weighted by Gasteiger charge is -2.07. The van der Waals surface area contributed by atoms with Crippen molar-refractivity contribution in [2.75, 3.05) is 5.75 Å². The lowest BCUT2D eigenvalue weighted by atomic mass is 10.1. The number of hydrogen-bond donors (Lipinski definition) is 0. The highest BCUT2D eigenvalue weighted by Crippen LogP contribution is 2.50. The minimum Gasteiger partial charge on any atom is -0.127 e. The Balaban J connectivity index is 1.47. The first-order valence-electron chi connectivity index (χ1n) is 10.0. The Morgan fingerprint density at radius 2 is 1.82 bits per heavy atom. The molecule has 1 aliphatic heterocycles. The molecule has 1 aliphatic rings. The van der Waals surface area contributed by atoms with Crippen LogP contribution in [0.1, 0.15) is 69.2 Å². The van der Waals surface area contributed by atoms with Crippen LogP contribution in [0.4, 0.5) is 0 Å². The summed E-state index contributed by atoms with van der Waals surface area (Å²) < 4.78 is 5.75. The SMILES string of the molecule is CC#CC1=Cc2c(sc3c2sc2sc(C#CCCCCCCCC)cc23)SC1. The van der Waals surface area contributed by atoms with Crippen LogP contribution in [0, 0.1) is 23.7 Å². The first kappa shape index (κ1) is 20.1.